The fourth-order valence-corrected chi connectivity index (χ4v) is 1.62. The van der Waals surface area contributed by atoms with Crippen LogP contribution in [0.25, 0.3) is 0 Å². The molecule has 0 fully saturated rings. The van der Waals surface area contributed by atoms with E-state index < -0.39 is 11.5 Å². The van der Waals surface area contributed by atoms with Crippen molar-refractivity contribution in [3.05, 3.63) is 35.6 Å². The van der Waals surface area contributed by atoms with Crippen LogP contribution in [0.1, 0.15) is 12.5 Å². The molecule has 0 radical (unpaired) electrons. The zero-order valence-electron chi connectivity index (χ0n) is 8.74. The van der Waals surface area contributed by atoms with E-state index in [1.807, 2.05) is 0 Å². The van der Waals surface area contributed by atoms with Gasteiger partial charge in [0.25, 0.3) is 11.9 Å². The summed E-state index contributed by atoms with van der Waals surface area (Å²) in [6.45, 7) is 1.61. The lowest BCUT2D eigenvalue weighted by Gasteiger charge is -2.20. The second-order valence-corrected chi connectivity index (χ2v) is 3.89. The molecule has 1 aliphatic rings. The number of aliphatic imine (C=N–C) groups is 1. The molecular weight excluding hydrogens is 211 g/mol. The maximum Gasteiger partial charge on any atom is 0.294 e. The Morgan fingerprint density at radius 2 is 2.06 bits per heavy atom. The van der Waals surface area contributed by atoms with Crippen molar-refractivity contribution in [1.82, 2.24) is 0 Å². The molecule has 84 valence electrons. The molecule has 1 aromatic carbocycles. The Morgan fingerprint density at radius 3 is 2.56 bits per heavy atom. The number of benzene rings is 1. The number of rotatable bonds is 2. The van der Waals surface area contributed by atoms with Crippen molar-refractivity contribution in [3.63, 3.8) is 0 Å². The van der Waals surface area contributed by atoms with E-state index in [4.69, 9.17) is 10.5 Å². The molecule has 0 aliphatic carbocycles. The third kappa shape index (κ3) is 1.88. The second kappa shape index (κ2) is 3.59. The van der Waals surface area contributed by atoms with E-state index in [1.54, 1.807) is 19.1 Å². The van der Waals surface area contributed by atoms with Gasteiger partial charge in [0.15, 0.2) is 5.60 Å². The first-order chi connectivity index (χ1) is 7.49. The highest BCUT2D eigenvalue weighted by molar-refractivity contribution is 6.00. The van der Waals surface area contributed by atoms with E-state index in [1.165, 1.54) is 12.1 Å². The summed E-state index contributed by atoms with van der Waals surface area (Å²) in [6.07, 6.45) is 0.316. The molecule has 2 rings (SSSR count). The molecule has 0 saturated heterocycles. The normalized spacial score (nSPS) is 24.1. The van der Waals surface area contributed by atoms with Crippen LogP contribution < -0.4 is 5.73 Å². The van der Waals surface area contributed by atoms with E-state index in [2.05, 4.69) is 4.99 Å². The molecule has 1 unspecified atom stereocenters. The summed E-state index contributed by atoms with van der Waals surface area (Å²) >= 11 is 0. The molecule has 1 heterocycles. The summed E-state index contributed by atoms with van der Waals surface area (Å²) in [5.41, 5.74) is 5.05. The first-order valence-corrected chi connectivity index (χ1v) is 4.82. The first-order valence-electron chi connectivity index (χ1n) is 4.82. The topological polar surface area (TPSA) is 64.7 Å². The fraction of sp³-hybridized carbons (Fsp3) is 0.273. The zero-order valence-corrected chi connectivity index (χ0v) is 8.74. The average Bonchev–Trinajstić information content (AvgIpc) is 2.44. The highest BCUT2D eigenvalue weighted by Crippen LogP contribution is 2.23. The van der Waals surface area contributed by atoms with Gasteiger partial charge in [0.1, 0.15) is 5.82 Å². The van der Waals surface area contributed by atoms with Crippen LogP contribution in [0.15, 0.2) is 29.3 Å². The van der Waals surface area contributed by atoms with Crippen LogP contribution in [-0.4, -0.2) is 17.5 Å². The van der Waals surface area contributed by atoms with Gasteiger partial charge in [-0.2, -0.15) is 4.99 Å². The maximum absolute atomic E-state index is 12.7. The molecule has 4 nitrogen and oxygen atoms in total. The molecule has 1 amide bonds. The number of amidine groups is 1. The average molecular weight is 222 g/mol. The third-order valence-electron chi connectivity index (χ3n) is 2.45. The van der Waals surface area contributed by atoms with Crippen LogP contribution in [0.2, 0.25) is 0 Å². The highest BCUT2D eigenvalue weighted by Gasteiger charge is 2.41. The molecule has 16 heavy (non-hydrogen) atoms. The van der Waals surface area contributed by atoms with Crippen LogP contribution in [0.5, 0.6) is 0 Å². The van der Waals surface area contributed by atoms with Crippen molar-refractivity contribution in [2.45, 2.75) is 18.9 Å². The van der Waals surface area contributed by atoms with Crippen molar-refractivity contribution in [2.24, 2.45) is 10.7 Å². The Morgan fingerprint density at radius 1 is 1.44 bits per heavy atom. The van der Waals surface area contributed by atoms with Crippen LogP contribution in [0, 0.1) is 5.82 Å². The van der Waals surface area contributed by atoms with Crippen molar-refractivity contribution < 1.29 is 13.9 Å². The SMILES string of the molecule is CC1(Cc2ccc(F)cc2)OC(N)=NC1=O. The number of carbonyl (C=O) groups excluding carboxylic acids is 1. The predicted molar refractivity (Wildman–Crippen MR) is 56.2 cm³/mol. The van der Waals surface area contributed by atoms with Crippen LogP contribution in [0.4, 0.5) is 4.39 Å². The lowest BCUT2D eigenvalue weighted by atomic mass is 9.96. The summed E-state index contributed by atoms with van der Waals surface area (Å²) in [7, 11) is 0. The van der Waals surface area contributed by atoms with Gasteiger partial charge in [-0.25, -0.2) is 4.39 Å². The van der Waals surface area contributed by atoms with Crippen LogP contribution >= 0.6 is 0 Å². The number of nitrogens with zero attached hydrogens (tertiary/aromatic N) is 1. The Kier molecular flexibility index (Phi) is 2.38. The van der Waals surface area contributed by atoms with Gasteiger partial charge < -0.3 is 10.5 Å². The van der Waals surface area contributed by atoms with Gasteiger partial charge in [-0.05, 0) is 24.6 Å². The quantitative estimate of drug-likeness (QED) is 0.811. The minimum absolute atomic E-state index is 0.116. The zero-order chi connectivity index (χ0) is 11.8. The lowest BCUT2D eigenvalue weighted by Crippen LogP contribution is -2.37. The predicted octanol–water partition coefficient (Wildman–Crippen LogP) is 0.998. The maximum atomic E-state index is 12.7. The third-order valence-corrected chi connectivity index (χ3v) is 2.45. The molecule has 1 aliphatic heterocycles. The van der Waals surface area contributed by atoms with Crippen LogP contribution in [-0.2, 0) is 16.0 Å². The van der Waals surface area contributed by atoms with E-state index in [9.17, 15) is 9.18 Å². The number of carbonyl (C=O) groups is 1. The molecule has 1 atom stereocenters. The van der Waals surface area contributed by atoms with E-state index in [0.717, 1.165) is 5.56 Å². The van der Waals surface area contributed by atoms with Gasteiger partial charge in [0.2, 0.25) is 0 Å². The summed E-state index contributed by atoms with van der Waals surface area (Å²) in [6, 6.07) is 5.76. The van der Waals surface area contributed by atoms with Crippen molar-refractivity contribution in [2.75, 3.05) is 0 Å². The molecule has 0 spiro atoms. The fourth-order valence-electron chi connectivity index (χ4n) is 1.62. The Labute approximate surface area is 91.9 Å². The Hall–Kier alpha value is -1.91. The number of ether oxygens (including phenoxy) is 1. The van der Waals surface area contributed by atoms with Gasteiger partial charge >= 0.3 is 0 Å². The highest BCUT2D eigenvalue weighted by atomic mass is 19.1. The van der Waals surface area contributed by atoms with Gasteiger partial charge in [0.05, 0.1) is 0 Å². The molecule has 0 bridgehead atoms. The molecule has 5 heteroatoms. The van der Waals surface area contributed by atoms with Gasteiger partial charge in [-0.3, -0.25) is 4.79 Å². The standard InChI is InChI=1S/C11H11FN2O2/c1-11(9(15)14-10(13)16-11)6-7-2-4-8(12)5-3-7/h2-5H,6H2,1H3,(H2,13,14,15). The van der Waals surface area contributed by atoms with E-state index in [0.29, 0.717) is 6.42 Å². The van der Waals surface area contributed by atoms with Gasteiger partial charge in [-0.15, -0.1) is 0 Å². The molecule has 1 aromatic rings. The van der Waals surface area contributed by atoms with Gasteiger partial charge in [-0.1, -0.05) is 12.1 Å². The van der Waals surface area contributed by atoms with Gasteiger partial charge in [0, 0.05) is 6.42 Å². The summed E-state index contributed by atoms with van der Waals surface area (Å²) in [5, 5.41) is 0. The lowest BCUT2D eigenvalue weighted by molar-refractivity contribution is -0.129. The number of hydrogen-bond donors (Lipinski definition) is 1. The summed E-state index contributed by atoms with van der Waals surface area (Å²) in [5.74, 6) is -0.724. The number of halogens is 1. The van der Waals surface area contributed by atoms with E-state index in [-0.39, 0.29) is 11.8 Å². The number of nitrogens with two attached hydrogens (primary N) is 1. The number of hydrogen-bond acceptors (Lipinski definition) is 3. The monoisotopic (exact) mass is 222 g/mol. The minimum Gasteiger partial charge on any atom is -0.448 e. The summed E-state index contributed by atoms with van der Waals surface area (Å²) < 4.78 is 17.9. The smallest absolute Gasteiger partial charge is 0.294 e. The Bertz CT molecular complexity index is 456. The molecule has 2 N–H and O–H groups in total. The van der Waals surface area contributed by atoms with Crippen molar-refractivity contribution in [3.8, 4) is 0 Å². The largest absolute Gasteiger partial charge is 0.448 e. The number of amides is 1. The second-order valence-electron chi connectivity index (χ2n) is 3.89. The van der Waals surface area contributed by atoms with Crippen LogP contribution in [0.3, 0.4) is 0 Å². The first kappa shape index (κ1) is 10.6. The molecule has 0 aromatic heterocycles. The van der Waals surface area contributed by atoms with Crippen molar-refractivity contribution >= 4 is 11.9 Å². The van der Waals surface area contributed by atoms with Crippen molar-refractivity contribution in [1.29, 1.82) is 0 Å². The molecule has 0 saturated carbocycles. The Balaban J connectivity index is 2.16. The molecular formula is C11H11FN2O2. The minimum atomic E-state index is -1.07. The summed E-state index contributed by atoms with van der Waals surface area (Å²) in [4.78, 5) is 15.0. The van der Waals surface area contributed by atoms with E-state index >= 15 is 0 Å².